The zero-order valence-corrected chi connectivity index (χ0v) is 16.6. The molecule has 0 bridgehead atoms. The van der Waals surface area contributed by atoms with Crippen molar-refractivity contribution in [2.75, 3.05) is 0 Å². The van der Waals surface area contributed by atoms with Crippen LogP contribution in [0.1, 0.15) is 48.3 Å². The van der Waals surface area contributed by atoms with Crippen molar-refractivity contribution in [3.63, 3.8) is 0 Å². The monoisotopic (exact) mass is 347 g/mol. The van der Waals surface area contributed by atoms with E-state index in [1.165, 1.54) is 22.3 Å². The lowest BCUT2D eigenvalue weighted by Crippen LogP contribution is -2.15. The third-order valence-corrected chi connectivity index (χ3v) is 5.08. The molecular formula is C23H29N3. The second-order valence-electron chi connectivity index (χ2n) is 7.60. The molecule has 1 heterocycles. The van der Waals surface area contributed by atoms with Crippen LogP contribution < -0.4 is 5.32 Å². The SMILES string of the molecule is C=C(NC1=C(C)CC(C)C=C1)c1cc(C)n(Cc2cc(C)ccc2C)n1. The lowest BCUT2D eigenvalue weighted by Gasteiger charge is -2.19. The summed E-state index contributed by atoms with van der Waals surface area (Å²) >= 11 is 0. The highest BCUT2D eigenvalue weighted by atomic mass is 15.3. The van der Waals surface area contributed by atoms with Crippen LogP contribution in [0.2, 0.25) is 0 Å². The Labute approximate surface area is 157 Å². The average Bonchev–Trinajstić information content (AvgIpc) is 2.94. The van der Waals surface area contributed by atoms with Crippen LogP contribution >= 0.6 is 0 Å². The van der Waals surface area contributed by atoms with Gasteiger partial charge in [0.05, 0.1) is 12.2 Å². The fourth-order valence-electron chi connectivity index (χ4n) is 3.39. The van der Waals surface area contributed by atoms with E-state index in [-0.39, 0.29) is 0 Å². The molecule has 1 atom stereocenters. The largest absolute Gasteiger partial charge is 0.354 e. The zero-order chi connectivity index (χ0) is 18.8. The van der Waals surface area contributed by atoms with Crippen LogP contribution in [0.5, 0.6) is 0 Å². The molecule has 1 aliphatic carbocycles. The minimum absolute atomic E-state index is 0.604. The number of hydrogen-bond acceptors (Lipinski definition) is 2. The minimum Gasteiger partial charge on any atom is -0.354 e. The summed E-state index contributed by atoms with van der Waals surface area (Å²) in [6, 6.07) is 8.67. The Morgan fingerprint density at radius 1 is 1.23 bits per heavy atom. The van der Waals surface area contributed by atoms with Gasteiger partial charge in [-0.25, -0.2) is 0 Å². The normalized spacial score (nSPS) is 16.9. The van der Waals surface area contributed by atoms with E-state index in [2.05, 4.69) is 87.6 Å². The highest BCUT2D eigenvalue weighted by molar-refractivity contribution is 5.61. The highest BCUT2D eigenvalue weighted by Crippen LogP contribution is 2.23. The first-order valence-corrected chi connectivity index (χ1v) is 9.28. The maximum atomic E-state index is 4.79. The van der Waals surface area contributed by atoms with Crippen molar-refractivity contribution in [2.24, 2.45) is 5.92 Å². The lowest BCUT2D eigenvalue weighted by atomic mass is 9.95. The number of rotatable bonds is 5. The van der Waals surface area contributed by atoms with Gasteiger partial charge in [-0.2, -0.15) is 5.10 Å². The predicted molar refractivity (Wildman–Crippen MR) is 110 cm³/mol. The first-order chi connectivity index (χ1) is 12.3. The second kappa shape index (κ2) is 7.36. The topological polar surface area (TPSA) is 29.9 Å². The van der Waals surface area contributed by atoms with Gasteiger partial charge in [0.25, 0.3) is 0 Å². The molecule has 1 aliphatic rings. The Bertz CT molecular complexity index is 896. The maximum Gasteiger partial charge on any atom is 0.108 e. The van der Waals surface area contributed by atoms with Gasteiger partial charge < -0.3 is 5.32 Å². The molecule has 1 aromatic heterocycles. The first kappa shape index (κ1) is 18.2. The summed E-state index contributed by atoms with van der Waals surface area (Å²) in [5.74, 6) is 0.604. The molecule has 0 saturated heterocycles. The second-order valence-corrected chi connectivity index (χ2v) is 7.60. The van der Waals surface area contributed by atoms with E-state index < -0.39 is 0 Å². The summed E-state index contributed by atoms with van der Waals surface area (Å²) in [5.41, 5.74) is 9.30. The number of nitrogens with zero attached hydrogens (tertiary/aromatic N) is 2. The number of aromatic nitrogens is 2. The third kappa shape index (κ3) is 3.98. The molecule has 3 rings (SSSR count). The molecule has 2 aromatic rings. The van der Waals surface area contributed by atoms with Gasteiger partial charge in [0.2, 0.25) is 0 Å². The number of aryl methyl sites for hydroxylation is 3. The number of benzene rings is 1. The van der Waals surface area contributed by atoms with Crippen LogP contribution in [0.25, 0.3) is 5.70 Å². The van der Waals surface area contributed by atoms with E-state index in [4.69, 9.17) is 5.10 Å². The average molecular weight is 348 g/mol. The molecule has 0 aliphatic heterocycles. The summed E-state index contributed by atoms with van der Waals surface area (Å²) in [4.78, 5) is 0. The summed E-state index contributed by atoms with van der Waals surface area (Å²) in [5, 5.41) is 8.24. The van der Waals surface area contributed by atoms with Gasteiger partial charge in [0, 0.05) is 11.4 Å². The van der Waals surface area contributed by atoms with Crippen LogP contribution in [-0.4, -0.2) is 9.78 Å². The molecule has 1 aromatic carbocycles. The molecule has 0 fully saturated rings. The summed E-state index contributed by atoms with van der Waals surface area (Å²) in [6.45, 7) is 15.8. The molecule has 3 nitrogen and oxygen atoms in total. The fraction of sp³-hybridized carbons (Fsp3) is 0.348. The molecule has 0 amide bonds. The van der Waals surface area contributed by atoms with Crippen molar-refractivity contribution < 1.29 is 0 Å². The van der Waals surface area contributed by atoms with Gasteiger partial charge in [-0.3, -0.25) is 4.68 Å². The molecule has 26 heavy (non-hydrogen) atoms. The quantitative estimate of drug-likeness (QED) is 0.797. The molecule has 0 spiro atoms. The van der Waals surface area contributed by atoms with Gasteiger partial charge in [0.15, 0.2) is 0 Å². The van der Waals surface area contributed by atoms with E-state index in [1.54, 1.807) is 0 Å². The van der Waals surface area contributed by atoms with E-state index in [1.807, 2.05) is 0 Å². The van der Waals surface area contributed by atoms with Gasteiger partial charge >= 0.3 is 0 Å². The molecule has 1 N–H and O–H groups in total. The molecule has 136 valence electrons. The predicted octanol–water partition coefficient (Wildman–Crippen LogP) is 5.29. The summed E-state index contributed by atoms with van der Waals surface area (Å²) < 4.78 is 2.06. The molecule has 0 radical (unpaired) electrons. The van der Waals surface area contributed by atoms with Crippen LogP contribution in [0, 0.1) is 26.7 Å². The van der Waals surface area contributed by atoms with Crippen LogP contribution in [0.3, 0.4) is 0 Å². The minimum atomic E-state index is 0.604. The van der Waals surface area contributed by atoms with Gasteiger partial charge in [0.1, 0.15) is 5.69 Å². The molecule has 0 saturated carbocycles. The van der Waals surface area contributed by atoms with Crippen LogP contribution in [-0.2, 0) is 6.54 Å². The molecule has 1 unspecified atom stereocenters. The zero-order valence-electron chi connectivity index (χ0n) is 16.6. The number of allylic oxidation sites excluding steroid dienone is 3. The maximum absolute atomic E-state index is 4.79. The van der Waals surface area contributed by atoms with Crippen molar-refractivity contribution in [2.45, 2.75) is 47.6 Å². The standard InChI is InChI=1S/C23H29N3/c1-15-8-10-22(18(4)11-15)24-20(6)23-13-19(5)26(25-23)14-21-12-16(2)7-9-17(21)3/h7-10,12-13,15,24H,6,11,14H2,1-5H3. The van der Waals surface area contributed by atoms with E-state index >= 15 is 0 Å². The van der Waals surface area contributed by atoms with E-state index in [9.17, 15) is 0 Å². The smallest absolute Gasteiger partial charge is 0.108 e. The van der Waals surface area contributed by atoms with Gasteiger partial charge in [-0.05, 0) is 68.9 Å². The molecular weight excluding hydrogens is 318 g/mol. The van der Waals surface area contributed by atoms with E-state index in [0.717, 1.165) is 35.7 Å². The summed E-state index contributed by atoms with van der Waals surface area (Å²) in [7, 11) is 0. The highest BCUT2D eigenvalue weighted by Gasteiger charge is 2.13. The third-order valence-electron chi connectivity index (χ3n) is 5.08. The first-order valence-electron chi connectivity index (χ1n) is 9.28. The van der Waals surface area contributed by atoms with Crippen molar-refractivity contribution in [3.05, 3.63) is 82.3 Å². The number of hydrogen-bond donors (Lipinski definition) is 1. The fourth-order valence-corrected chi connectivity index (χ4v) is 3.39. The number of nitrogens with one attached hydrogen (secondary N) is 1. The van der Waals surface area contributed by atoms with Gasteiger partial charge in [-0.1, -0.05) is 43.3 Å². The molecule has 3 heteroatoms. The Kier molecular flexibility index (Phi) is 5.17. The lowest BCUT2D eigenvalue weighted by molar-refractivity contribution is 0.658. The van der Waals surface area contributed by atoms with Crippen molar-refractivity contribution in [3.8, 4) is 0 Å². The Hall–Kier alpha value is -2.55. The Balaban J connectivity index is 1.77. The van der Waals surface area contributed by atoms with Crippen LogP contribution in [0.4, 0.5) is 0 Å². The van der Waals surface area contributed by atoms with Crippen molar-refractivity contribution >= 4 is 5.70 Å². The van der Waals surface area contributed by atoms with Crippen molar-refractivity contribution in [1.29, 1.82) is 0 Å². The van der Waals surface area contributed by atoms with Crippen LogP contribution in [0.15, 0.2) is 54.3 Å². The Morgan fingerprint density at radius 2 is 2.00 bits per heavy atom. The van der Waals surface area contributed by atoms with Gasteiger partial charge in [-0.15, -0.1) is 0 Å². The van der Waals surface area contributed by atoms with Crippen molar-refractivity contribution in [1.82, 2.24) is 15.1 Å². The Morgan fingerprint density at radius 3 is 2.73 bits per heavy atom. The summed E-state index contributed by atoms with van der Waals surface area (Å²) in [6.07, 6.45) is 5.49. The van der Waals surface area contributed by atoms with E-state index in [0.29, 0.717) is 5.92 Å².